The third-order valence-electron chi connectivity index (χ3n) is 3.73. The first-order valence-electron chi connectivity index (χ1n) is 9.30. The number of ether oxygens (including phenoxy) is 2. The predicted octanol–water partition coefficient (Wildman–Crippen LogP) is 5.28. The predicted molar refractivity (Wildman–Crippen MR) is 111 cm³/mol. The van der Waals surface area contributed by atoms with Gasteiger partial charge >= 0.3 is 5.97 Å². The molecule has 0 fully saturated rings. The van der Waals surface area contributed by atoms with Gasteiger partial charge in [-0.15, -0.1) is 0 Å². The van der Waals surface area contributed by atoms with Crippen LogP contribution in [0.1, 0.15) is 63.3 Å². The minimum absolute atomic E-state index is 0.00539. The Bertz CT molecular complexity index is 785. The third-order valence-corrected chi connectivity index (χ3v) is 4.27. The number of aryl methyl sites for hydroxylation is 1. The van der Waals surface area contributed by atoms with Crippen LogP contribution in [0.15, 0.2) is 16.9 Å². The first kappa shape index (κ1) is 23.0. The van der Waals surface area contributed by atoms with Crippen LogP contribution < -0.4 is 9.47 Å². The molecule has 7 heteroatoms. The standard InChI is InChI=1S/C16H17BrN2O4.2C2H6/c1-8(2)23-13-7-11-9(6-12(13)22-3)4-5-10-14(15(20)21)18-16(17)19(10)11;2*1-2/h6-8H,4-5H2,1-3H3,(H,20,21);2*1-2H3. The summed E-state index contributed by atoms with van der Waals surface area (Å²) in [5, 5.41) is 9.32. The molecule has 1 aromatic carbocycles. The summed E-state index contributed by atoms with van der Waals surface area (Å²) in [7, 11) is 1.61. The van der Waals surface area contributed by atoms with E-state index in [9.17, 15) is 9.90 Å². The normalized spacial score (nSPS) is 11.3. The van der Waals surface area contributed by atoms with E-state index in [2.05, 4.69) is 20.9 Å². The van der Waals surface area contributed by atoms with E-state index in [1.807, 2.05) is 58.2 Å². The summed E-state index contributed by atoms with van der Waals surface area (Å²) in [6, 6.07) is 3.83. The van der Waals surface area contributed by atoms with Gasteiger partial charge in [0.2, 0.25) is 0 Å². The average Bonchev–Trinajstić information content (AvgIpc) is 3.01. The number of carboxylic acid groups (broad SMARTS) is 1. The smallest absolute Gasteiger partial charge is 0.356 e. The molecule has 0 spiro atoms. The summed E-state index contributed by atoms with van der Waals surface area (Å²) >= 11 is 3.37. The molecule has 0 amide bonds. The maximum Gasteiger partial charge on any atom is 0.356 e. The van der Waals surface area contributed by atoms with E-state index in [4.69, 9.17) is 9.47 Å². The van der Waals surface area contributed by atoms with Gasteiger partial charge in [-0.1, -0.05) is 27.7 Å². The van der Waals surface area contributed by atoms with E-state index in [0.29, 0.717) is 28.3 Å². The molecule has 150 valence electrons. The van der Waals surface area contributed by atoms with Crippen LogP contribution in [0.25, 0.3) is 5.69 Å². The second-order valence-corrected chi connectivity index (χ2v) is 6.32. The van der Waals surface area contributed by atoms with Crippen LogP contribution in [0.3, 0.4) is 0 Å². The molecule has 6 nitrogen and oxygen atoms in total. The number of aromatic nitrogens is 2. The molecule has 0 bridgehead atoms. The molecule has 0 saturated heterocycles. The first-order valence-corrected chi connectivity index (χ1v) is 10.1. The molecule has 0 aliphatic carbocycles. The summed E-state index contributed by atoms with van der Waals surface area (Å²) < 4.78 is 13.5. The molecule has 1 aromatic heterocycles. The minimum Gasteiger partial charge on any atom is -0.493 e. The zero-order chi connectivity index (χ0) is 20.7. The maximum absolute atomic E-state index is 11.4. The summed E-state index contributed by atoms with van der Waals surface area (Å²) in [6.07, 6.45) is 1.35. The maximum atomic E-state index is 11.4. The highest BCUT2D eigenvalue weighted by atomic mass is 79.9. The molecule has 0 atom stereocenters. The Hall–Kier alpha value is -2.02. The van der Waals surface area contributed by atoms with Gasteiger partial charge in [-0.05, 0) is 54.2 Å². The molecule has 0 radical (unpaired) electrons. The molecule has 27 heavy (non-hydrogen) atoms. The Balaban J connectivity index is 0.000000855. The summed E-state index contributed by atoms with van der Waals surface area (Å²) in [5.41, 5.74) is 2.72. The van der Waals surface area contributed by atoms with E-state index in [-0.39, 0.29) is 11.8 Å². The van der Waals surface area contributed by atoms with Crippen LogP contribution in [0.2, 0.25) is 0 Å². The third kappa shape index (κ3) is 4.83. The number of hydrogen-bond donors (Lipinski definition) is 1. The number of fused-ring (bicyclic) bond motifs is 3. The number of imidazole rings is 1. The average molecular weight is 441 g/mol. The van der Waals surface area contributed by atoms with E-state index in [1.54, 1.807) is 7.11 Å². The van der Waals surface area contributed by atoms with E-state index in [0.717, 1.165) is 17.7 Å². The highest BCUT2D eigenvalue weighted by Crippen LogP contribution is 2.38. The monoisotopic (exact) mass is 440 g/mol. The van der Waals surface area contributed by atoms with Crippen molar-refractivity contribution in [2.24, 2.45) is 0 Å². The van der Waals surface area contributed by atoms with Crippen molar-refractivity contribution in [3.05, 3.63) is 33.8 Å². The van der Waals surface area contributed by atoms with Gasteiger partial charge in [0.1, 0.15) is 0 Å². The van der Waals surface area contributed by atoms with Gasteiger partial charge in [-0.2, -0.15) is 0 Å². The van der Waals surface area contributed by atoms with Crippen molar-refractivity contribution in [2.45, 2.75) is 60.5 Å². The Morgan fingerprint density at radius 2 is 1.81 bits per heavy atom. The second kappa shape index (κ2) is 10.3. The zero-order valence-corrected chi connectivity index (χ0v) is 18.7. The fraction of sp³-hybridized carbons (Fsp3) is 0.500. The van der Waals surface area contributed by atoms with Crippen molar-refractivity contribution in [3.63, 3.8) is 0 Å². The summed E-state index contributed by atoms with van der Waals surface area (Å²) in [4.78, 5) is 15.5. The van der Waals surface area contributed by atoms with Crippen LogP contribution in [0, 0.1) is 0 Å². The zero-order valence-electron chi connectivity index (χ0n) is 17.1. The lowest BCUT2D eigenvalue weighted by Crippen LogP contribution is -2.16. The molecule has 0 unspecified atom stereocenters. The first-order chi connectivity index (χ1) is 12.9. The van der Waals surface area contributed by atoms with Crippen molar-refractivity contribution >= 4 is 21.9 Å². The highest BCUT2D eigenvalue weighted by molar-refractivity contribution is 9.10. The fourth-order valence-corrected chi connectivity index (χ4v) is 3.41. The van der Waals surface area contributed by atoms with Crippen molar-refractivity contribution < 1.29 is 19.4 Å². The van der Waals surface area contributed by atoms with Crippen LogP contribution in [-0.2, 0) is 12.8 Å². The van der Waals surface area contributed by atoms with Crippen LogP contribution in [0.5, 0.6) is 11.5 Å². The second-order valence-electron chi connectivity index (χ2n) is 5.62. The quantitative estimate of drug-likeness (QED) is 0.699. The Labute approximate surface area is 169 Å². The highest BCUT2D eigenvalue weighted by Gasteiger charge is 2.28. The minimum atomic E-state index is -1.02. The molecular formula is C20H29BrN2O4. The number of benzene rings is 1. The number of nitrogens with zero attached hydrogens (tertiary/aromatic N) is 2. The molecule has 2 aromatic rings. The molecule has 1 aliphatic rings. The molecule has 2 heterocycles. The van der Waals surface area contributed by atoms with Crippen molar-refractivity contribution in [3.8, 4) is 17.2 Å². The van der Waals surface area contributed by atoms with Crippen LogP contribution >= 0.6 is 15.9 Å². The van der Waals surface area contributed by atoms with Gasteiger partial charge in [0, 0.05) is 6.07 Å². The van der Waals surface area contributed by atoms with E-state index >= 15 is 0 Å². The topological polar surface area (TPSA) is 73.6 Å². The molecule has 1 aliphatic heterocycles. The lowest BCUT2D eigenvalue weighted by atomic mass is 10.00. The Morgan fingerprint density at radius 3 is 2.33 bits per heavy atom. The summed E-state index contributed by atoms with van der Waals surface area (Å²) in [5.74, 6) is 0.289. The molecule has 3 rings (SSSR count). The van der Waals surface area contributed by atoms with Gasteiger partial charge in [-0.3, -0.25) is 4.57 Å². The SMILES string of the molecule is CC.CC.COc1cc2c(cc1OC(C)C)-n1c(Br)nc(C(=O)O)c1CC2. The van der Waals surface area contributed by atoms with Gasteiger partial charge in [0.15, 0.2) is 21.9 Å². The van der Waals surface area contributed by atoms with Crippen molar-refractivity contribution in [1.29, 1.82) is 0 Å². The molecule has 1 N–H and O–H groups in total. The number of aromatic carboxylic acids is 1. The number of carboxylic acids is 1. The van der Waals surface area contributed by atoms with Crippen molar-refractivity contribution in [1.82, 2.24) is 9.55 Å². The number of carbonyl (C=O) groups is 1. The number of methoxy groups -OCH3 is 1. The number of hydrogen-bond acceptors (Lipinski definition) is 4. The molecule has 0 saturated carbocycles. The fourth-order valence-electron chi connectivity index (χ4n) is 2.83. The van der Waals surface area contributed by atoms with Gasteiger partial charge in [-0.25, -0.2) is 9.78 Å². The number of rotatable bonds is 4. The molecular weight excluding hydrogens is 412 g/mol. The van der Waals surface area contributed by atoms with E-state index < -0.39 is 5.97 Å². The van der Waals surface area contributed by atoms with Crippen molar-refractivity contribution in [2.75, 3.05) is 7.11 Å². The Morgan fingerprint density at radius 1 is 1.19 bits per heavy atom. The van der Waals surface area contributed by atoms with Gasteiger partial charge in [0.05, 0.1) is 24.6 Å². The lowest BCUT2D eigenvalue weighted by Gasteiger charge is -2.23. The largest absolute Gasteiger partial charge is 0.493 e. The van der Waals surface area contributed by atoms with Gasteiger partial charge < -0.3 is 14.6 Å². The Kier molecular flexibility index (Phi) is 8.82. The van der Waals surface area contributed by atoms with E-state index in [1.165, 1.54) is 0 Å². The van der Waals surface area contributed by atoms with Crippen LogP contribution in [0.4, 0.5) is 0 Å². The number of halogens is 1. The van der Waals surface area contributed by atoms with Crippen LogP contribution in [-0.4, -0.2) is 33.8 Å². The van der Waals surface area contributed by atoms with Gasteiger partial charge in [0.25, 0.3) is 0 Å². The lowest BCUT2D eigenvalue weighted by molar-refractivity contribution is 0.0689. The summed E-state index contributed by atoms with van der Waals surface area (Å²) in [6.45, 7) is 11.9.